The van der Waals surface area contributed by atoms with Crippen LogP contribution in [0.25, 0.3) is 0 Å². The molecule has 106 valence electrons. The third-order valence-electron chi connectivity index (χ3n) is 4.23. The smallest absolute Gasteiger partial charge is 0.0493 e. The van der Waals surface area contributed by atoms with Crippen LogP contribution in [0.2, 0.25) is 0 Å². The summed E-state index contributed by atoms with van der Waals surface area (Å²) in [5.41, 5.74) is 2.83. The van der Waals surface area contributed by atoms with Gasteiger partial charge in [-0.25, -0.2) is 0 Å². The molecule has 1 heterocycles. The Bertz CT molecular complexity index is 405. The SMILES string of the molecule is CCNC(c1ccccc1C)C1CN(C)CCN1C. The molecule has 0 aliphatic carbocycles. The molecule has 1 aliphatic heterocycles. The minimum atomic E-state index is 0.416. The molecule has 3 nitrogen and oxygen atoms in total. The van der Waals surface area contributed by atoms with Gasteiger partial charge in [0.25, 0.3) is 0 Å². The molecule has 0 bridgehead atoms. The van der Waals surface area contributed by atoms with Crippen molar-refractivity contribution >= 4 is 0 Å². The molecule has 2 rings (SSSR count). The molecule has 0 aromatic heterocycles. The van der Waals surface area contributed by atoms with E-state index in [2.05, 4.69) is 67.3 Å². The van der Waals surface area contributed by atoms with Gasteiger partial charge in [0, 0.05) is 31.7 Å². The standard InChI is InChI=1S/C16H27N3/c1-5-17-16(14-9-7-6-8-13(14)2)15-12-18(3)10-11-19(15)4/h6-9,15-17H,5,10-12H2,1-4H3. The van der Waals surface area contributed by atoms with Crippen LogP contribution >= 0.6 is 0 Å². The van der Waals surface area contributed by atoms with Crippen LogP contribution in [0.4, 0.5) is 0 Å². The molecule has 2 atom stereocenters. The lowest BCUT2D eigenvalue weighted by atomic mass is 9.93. The van der Waals surface area contributed by atoms with E-state index in [9.17, 15) is 0 Å². The zero-order valence-corrected chi connectivity index (χ0v) is 12.7. The third-order valence-corrected chi connectivity index (χ3v) is 4.23. The fraction of sp³-hybridized carbons (Fsp3) is 0.625. The Balaban J connectivity index is 2.26. The van der Waals surface area contributed by atoms with Gasteiger partial charge in [-0.15, -0.1) is 0 Å². The molecule has 0 amide bonds. The number of nitrogens with one attached hydrogen (secondary N) is 1. The first-order valence-corrected chi connectivity index (χ1v) is 7.31. The minimum absolute atomic E-state index is 0.416. The van der Waals surface area contributed by atoms with Crippen molar-refractivity contribution in [1.29, 1.82) is 0 Å². The van der Waals surface area contributed by atoms with Crippen molar-refractivity contribution in [1.82, 2.24) is 15.1 Å². The lowest BCUT2D eigenvalue weighted by Gasteiger charge is -2.42. The average molecular weight is 261 g/mol. The zero-order chi connectivity index (χ0) is 13.8. The summed E-state index contributed by atoms with van der Waals surface area (Å²) in [5, 5.41) is 3.69. The van der Waals surface area contributed by atoms with Gasteiger partial charge in [-0.2, -0.15) is 0 Å². The van der Waals surface area contributed by atoms with E-state index >= 15 is 0 Å². The number of hydrogen-bond donors (Lipinski definition) is 1. The summed E-state index contributed by atoms with van der Waals surface area (Å²) >= 11 is 0. The van der Waals surface area contributed by atoms with E-state index in [1.165, 1.54) is 17.7 Å². The van der Waals surface area contributed by atoms with E-state index in [1.807, 2.05) is 0 Å². The van der Waals surface area contributed by atoms with Crippen molar-refractivity contribution in [3.8, 4) is 0 Å². The van der Waals surface area contributed by atoms with Crippen LogP contribution in [0, 0.1) is 6.92 Å². The molecule has 3 heteroatoms. The number of benzene rings is 1. The predicted molar refractivity (Wildman–Crippen MR) is 81.5 cm³/mol. The van der Waals surface area contributed by atoms with E-state index < -0.39 is 0 Å². The van der Waals surface area contributed by atoms with Gasteiger partial charge in [0.1, 0.15) is 0 Å². The molecule has 0 radical (unpaired) electrons. The van der Waals surface area contributed by atoms with E-state index in [0.717, 1.165) is 19.6 Å². The zero-order valence-electron chi connectivity index (χ0n) is 12.7. The largest absolute Gasteiger partial charge is 0.309 e. The molecule has 1 N–H and O–H groups in total. The van der Waals surface area contributed by atoms with Crippen molar-refractivity contribution in [2.24, 2.45) is 0 Å². The van der Waals surface area contributed by atoms with E-state index in [4.69, 9.17) is 0 Å². The van der Waals surface area contributed by atoms with E-state index in [-0.39, 0.29) is 0 Å². The van der Waals surface area contributed by atoms with Crippen molar-refractivity contribution in [2.75, 3.05) is 40.3 Å². The van der Waals surface area contributed by atoms with E-state index in [1.54, 1.807) is 0 Å². The Morgan fingerprint density at radius 1 is 1.26 bits per heavy atom. The average Bonchev–Trinajstić information content (AvgIpc) is 2.40. The maximum Gasteiger partial charge on any atom is 0.0493 e. The number of piperazine rings is 1. The number of likely N-dealkylation sites (N-methyl/N-ethyl adjacent to an activating group) is 3. The molecule has 1 fully saturated rings. The number of aryl methyl sites for hydroxylation is 1. The maximum absolute atomic E-state index is 3.69. The first-order chi connectivity index (χ1) is 9.13. The molecular weight excluding hydrogens is 234 g/mol. The molecule has 1 aliphatic rings. The molecule has 2 unspecified atom stereocenters. The second-order valence-electron chi connectivity index (χ2n) is 5.70. The lowest BCUT2D eigenvalue weighted by Crippen LogP contribution is -2.55. The quantitative estimate of drug-likeness (QED) is 0.893. The van der Waals surface area contributed by atoms with Crippen molar-refractivity contribution in [2.45, 2.75) is 25.9 Å². The van der Waals surface area contributed by atoms with Crippen molar-refractivity contribution < 1.29 is 0 Å². The summed E-state index contributed by atoms with van der Waals surface area (Å²) in [6.45, 7) is 8.86. The second kappa shape index (κ2) is 6.51. The Kier molecular flexibility index (Phi) is 4.97. The summed E-state index contributed by atoms with van der Waals surface area (Å²) in [6, 6.07) is 9.72. The highest BCUT2D eigenvalue weighted by molar-refractivity contribution is 5.30. The lowest BCUT2D eigenvalue weighted by molar-refractivity contribution is 0.0879. The van der Waals surface area contributed by atoms with Gasteiger partial charge in [0.05, 0.1) is 0 Å². The van der Waals surface area contributed by atoms with Crippen molar-refractivity contribution in [3.63, 3.8) is 0 Å². The highest BCUT2D eigenvalue weighted by atomic mass is 15.3. The maximum atomic E-state index is 3.69. The summed E-state index contributed by atoms with van der Waals surface area (Å²) in [5.74, 6) is 0. The topological polar surface area (TPSA) is 18.5 Å². The van der Waals surface area contributed by atoms with Gasteiger partial charge in [-0.05, 0) is 38.7 Å². The number of nitrogens with zero attached hydrogens (tertiary/aromatic N) is 2. The second-order valence-corrected chi connectivity index (χ2v) is 5.70. The van der Waals surface area contributed by atoms with Gasteiger partial charge in [-0.3, -0.25) is 4.90 Å². The van der Waals surface area contributed by atoms with Crippen LogP contribution in [-0.4, -0.2) is 56.1 Å². The highest BCUT2D eigenvalue weighted by Gasteiger charge is 2.30. The molecular formula is C16H27N3. The van der Waals surface area contributed by atoms with Crippen LogP contribution in [0.1, 0.15) is 24.1 Å². The number of hydrogen-bond acceptors (Lipinski definition) is 3. The fourth-order valence-electron chi connectivity index (χ4n) is 3.01. The van der Waals surface area contributed by atoms with Crippen LogP contribution in [0.5, 0.6) is 0 Å². The van der Waals surface area contributed by atoms with Crippen LogP contribution in [0.3, 0.4) is 0 Å². The van der Waals surface area contributed by atoms with Crippen LogP contribution in [-0.2, 0) is 0 Å². The predicted octanol–water partition coefficient (Wildman–Crippen LogP) is 1.89. The Morgan fingerprint density at radius 3 is 2.68 bits per heavy atom. The minimum Gasteiger partial charge on any atom is -0.309 e. The molecule has 1 aromatic carbocycles. The molecule has 1 aromatic rings. The molecule has 1 saturated heterocycles. The summed E-state index contributed by atoms with van der Waals surface area (Å²) in [6.07, 6.45) is 0. The monoisotopic (exact) mass is 261 g/mol. The van der Waals surface area contributed by atoms with Crippen LogP contribution < -0.4 is 5.32 Å². The van der Waals surface area contributed by atoms with Gasteiger partial charge in [0.2, 0.25) is 0 Å². The normalized spacial score (nSPS) is 23.5. The van der Waals surface area contributed by atoms with Gasteiger partial charge >= 0.3 is 0 Å². The Labute approximate surface area is 117 Å². The van der Waals surface area contributed by atoms with Crippen molar-refractivity contribution in [3.05, 3.63) is 35.4 Å². The van der Waals surface area contributed by atoms with Gasteiger partial charge < -0.3 is 10.2 Å². The van der Waals surface area contributed by atoms with Gasteiger partial charge in [0.15, 0.2) is 0 Å². The highest BCUT2D eigenvalue weighted by Crippen LogP contribution is 2.25. The number of rotatable bonds is 4. The van der Waals surface area contributed by atoms with Crippen LogP contribution in [0.15, 0.2) is 24.3 Å². The molecule has 0 saturated carbocycles. The molecule has 0 spiro atoms. The van der Waals surface area contributed by atoms with E-state index in [0.29, 0.717) is 12.1 Å². The Morgan fingerprint density at radius 2 is 2.00 bits per heavy atom. The Hall–Kier alpha value is -0.900. The summed E-state index contributed by atoms with van der Waals surface area (Å²) in [4.78, 5) is 4.94. The first kappa shape index (κ1) is 14.5. The third kappa shape index (κ3) is 3.35. The van der Waals surface area contributed by atoms with Gasteiger partial charge in [-0.1, -0.05) is 31.2 Å². The molecule has 19 heavy (non-hydrogen) atoms. The summed E-state index contributed by atoms with van der Waals surface area (Å²) in [7, 11) is 4.47. The fourth-order valence-corrected chi connectivity index (χ4v) is 3.01. The first-order valence-electron chi connectivity index (χ1n) is 7.31. The summed E-state index contributed by atoms with van der Waals surface area (Å²) < 4.78 is 0.